The Hall–Kier alpha value is -2.49. The Bertz CT molecular complexity index is 668. The van der Waals surface area contributed by atoms with Crippen molar-refractivity contribution in [1.29, 1.82) is 0 Å². The number of aryl methyl sites for hydroxylation is 3. The van der Waals surface area contributed by atoms with Crippen LogP contribution in [0.5, 0.6) is 5.75 Å². The van der Waals surface area contributed by atoms with Crippen LogP contribution in [0.15, 0.2) is 42.5 Å². The molecule has 0 atom stereocenters. The van der Waals surface area contributed by atoms with Gasteiger partial charge in [-0.3, -0.25) is 0 Å². The molecule has 0 aliphatic carbocycles. The van der Waals surface area contributed by atoms with E-state index in [1.54, 1.807) is 0 Å². The number of amides is 2. The van der Waals surface area contributed by atoms with E-state index in [1.807, 2.05) is 57.2 Å². The molecule has 2 aromatic carbocycles. The van der Waals surface area contributed by atoms with E-state index < -0.39 is 0 Å². The highest BCUT2D eigenvalue weighted by Gasteiger charge is 2.03. The highest BCUT2D eigenvalue weighted by atomic mass is 16.5. The zero-order valence-corrected chi connectivity index (χ0v) is 14.0. The van der Waals surface area contributed by atoms with Crippen LogP contribution >= 0.6 is 0 Å². The number of benzene rings is 2. The number of urea groups is 1. The molecule has 0 fully saturated rings. The van der Waals surface area contributed by atoms with Gasteiger partial charge in [-0.1, -0.05) is 36.4 Å². The van der Waals surface area contributed by atoms with E-state index in [-0.39, 0.29) is 6.03 Å². The Kier molecular flexibility index (Phi) is 6.03. The summed E-state index contributed by atoms with van der Waals surface area (Å²) in [5.74, 6) is 0.868. The molecule has 0 saturated heterocycles. The van der Waals surface area contributed by atoms with Gasteiger partial charge in [-0.05, 0) is 49.1 Å². The van der Waals surface area contributed by atoms with Gasteiger partial charge in [0, 0.05) is 6.54 Å². The first-order valence-electron chi connectivity index (χ1n) is 7.82. The molecule has 0 aliphatic rings. The Morgan fingerprint density at radius 3 is 2.57 bits per heavy atom. The summed E-state index contributed by atoms with van der Waals surface area (Å²) in [5, 5.41) is 5.65. The highest BCUT2D eigenvalue weighted by Crippen LogP contribution is 2.18. The summed E-state index contributed by atoms with van der Waals surface area (Å²) >= 11 is 0. The maximum absolute atomic E-state index is 11.8. The fourth-order valence-corrected chi connectivity index (χ4v) is 2.23. The second kappa shape index (κ2) is 8.22. The first-order valence-corrected chi connectivity index (χ1v) is 7.82. The fourth-order valence-electron chi connectivity index (χ4n) is 2.23. The van der Waals surface area contributed by atoms with E-state index in [4.69, 9.17) is 4.74 Å². The van der Waals surface area contributed by atoms with Gasteiger partial charge in [0.1, 0.15) is 12.4 Å². The number of nitrogens with one attached hydrogen (secondary N) is 2. The molecule has 23 heavy (non-hydrogen) atoms. The average Bonchev–Trinajstić information content (AvgIpc) is 2.54. The number of carbonyl (C=O) groups excluding carboxylic acids is 1. The number of rotatable bonds is 6. The first kappa shape index (κ1) is 16.9. The minimum atomic E-state index is -0.183. The quantitative estimate of drug-likeness (QED) is 0.802. The van der Waals surface area contributed by atoms with E-state index in [9.17, 15) is 4.79 Å². The summed E-state index contributed by atoms with van der Waals surface area (Å²) < 4.78 is 5.71. The molecule has 0 aliphatic heterocycles. The van der Waals surface area contributed by atoms with Crippen molar-refractivity contribution in [3.8, 4) is 5.75 Å². The van der Waals surface area contributed by atoms with Gasteiger partial charge in [0.25, 0.3) is 0 Å². The van der Waals surface area contributed by atoms with Gasteiger partial charge < -0.3 is 15.4 Å². The normalized spacial score (nSPS) is 10.2. The predicted molar refractivity (Wildman–Crippen MR) is 92.8 cm³/mol. The van der Waals surface area contributed by atoms with Crippen LogP contribution in [0.1, 0.15) is 22.3 Å². The van der Waals surface area contributed by atoms with Gasteiger partial charge in [-0.25, -0.2) is 4.79 Å². The fraction of sp³-hybridized carbons (Fsp3) is 0.316. The molecule has 2 amide bonds. The van der Waals surface area contributed by atoms with Crippen molar-refractivity contribution in [2.75, 3.05) is 13.2 Å². The van der Waals surface area contributed by atoms with Crippen molar-refractivity contribution in [1.82, 2.24) is 10.6 Å². The van der Waals surface area contributed by atoms with Crippen LogP contribution in [0.4, 0.5) is 4.79 Å². The van der Waals surface area contributed by atoms with Crippen LogP contribution < -0.4 is 15.4 Å². The maximum atomic E-state index is 11.8. The molecular formula is C19H24N2O2. The lowest BCUT2D eigenvalue weighted by molar-refractivity contribution is 0.236. The molecule has 4 heteroatoms. The molecule has 0 radical (unpaired) electrons. The lowest BCUT2D eigenvalue weighted by Crippen LogP contribution is -2.37. The molecule has 0 bridgehead atoms. The van der Waals surface area contributed by atoms with Crippen LogP contribution in [-0.4, -0.2) is 19.2 Å². The summed E-state index contributed by atoms with van der Waals surface area (Å²) in [6, 6.07) is 13.9. The van der Waals surface area contributed by atoms with Crippen molar-refractivity contribution >= 4 is 6.03 Å². The molecule has 4 nitrogen and oxygen atoms in total. The van der Waals surface area contributed by atoms with Crippen LogP contribution in [0.3, 0.4) is 0 Å². The average molecular weight is 312 g/mol. The predicted octanol–water partition coefficient (Wildman–Crippen LogP) is 3.49. The molecule has 2 N–H and O–H groups in total. The molecule has 0 unspecified atom stereocenters. The molecule has 0 saturated carbocycles. The lowest BCUT2D eigenvalue weighted by atomic mass is 10.1. The largest absolute Gasteiger partial charge is 0.491 e. The monoisotopic (exact) mass is 312 g/mol. The SMILES string of the molecule is Cc1ccc(C)c(OCCNC(=O)NCc2ccccc2C)c1. The molecule has 2 aromatic rings. The van der Waals surface area contributed by atoms with Gasteiger partial charge in [0.15, 0.2) is 0 Å². The van der Waals surface area contributed by atoms with Gasteiger partial charge in [-0.2, -0.15) is 0 Å². The molecule has 0 heterocycles. The standard InChI is InChI=1S/C19H24N2O2/c1-14-8-9-16(3)18(12-14)23-11-10-20-19(22)21-13-17-7-5-4-6-15(17)2/h4-9,12H,10-11,13H2,1-3H3,(H2,20,21,22). The van der Waals surface area contributed by atoms with E-state index >= 15 is 0 Å². The van der Waals surface area contributed by atoms with E-state index in [0.717, 1.165) is 22.4 Å². The third kappa shape index (κ3) is 5.33. The van der Waals surface area contributed by atoms with E-state index in [2.05, 4.69) is 16.7 Å². The van der Waals surface area contributed by atoms with Gasteiger partial charge in [-0.15, -0.1) is 0 Å². The third-order valence-corrected chi connectivity index (χ3v) is 3.69. The van der Waals surface area contributed by atoms with Gasteiger partial charge in [0.05, 0.1) is 6.54 Å². The molecular weight excluding hydrogens is 288 g/mol. The van der Waals surface area contributed by atoms with Gasteiger partial charge >= 0.3 is 6.03 Å². The molecule has 122 valence electrons. The van der Waals surface area contributed by atoms with E-state index in [1.165, 1.54) is 5.56 Å². The topological polar surface area (TPSA) is 50.4 Å². The minimum absolute atomic E-state index is 0.183. The second-order valence-corrected chi connectivity index (χ2v) is 5.65. The summed E-state index contributed by atoms with van der Waals surface area (Å²) in [6.45, 7) is 7.51. The Balaban J connectivity index is 1.69. The van der Waals surface area contributed by atoms with Gasteiger partial charge in [0.2, 0.25) is 0 Å². The molecule has 0 aromatic heterocycles. The Labute approximate surface area is 137 Å². The highest BCUT2D eigenvalue weighted by molar-refractivity contribution is 5.73. The van der Waals surface area contributed by atoms with Crippen molar-refractivity contribution in [3.05, 3.63) is 64.7 Å². The molecule has 2 rings (SSSR count). The summed E-state index contributed by atoms with van der Waals surface area (Å²) in [5.41, 5.74) is 4.55. The third-order valence-electron chi connectivity index (χ3n) is 3.69. The zero-order chi connectivity index (χ0) is 16.7. The Morgan fingerprint density at radius 2 is 1.78 bits per heavy atom. The summed E-state index contributed by atoms with van der Waals surface area (Å²) in [7, 11) is 0. The lowest BCUT2D eigenvalue weighted by Gasteiger charge is -2.12. The Morgan fingerprint density at radius 1 is 1.00 bits per heavy atom. The number of carbonyl (C=O) groups is 1. The molecule has 0 spiro atoms. The van der Waals surface area contributed by atoms with Crippen molar-refractivity contribution in [3.63, 3.8) is 0 Å². The number of hydrogen-bond acceptors (Lipinski definition) is 2. The van der Waals surface area contributed by atoms with Crippen LogP contribution in [0.2, 0.25) is 0 Å². The smallest absolute Gasteiger partial charge is 0.315 e. The number of hydrogen-bond donors (Lipinski definition) is 2. The summed E-state index contributed by atoms with van der Waals surface area (Å²) in [6.07, 6.45) is 0. The van der Waals surface area contributed by atoms with E-state index in [0.29, 0.717) is 19.7 Å². The number of ether oxygens (including phenoxy) is 1. The van der Waals surface area contributed by atoms with Crippen molar-refractivity contribution < 1.29 is 9.53 Å². The maximum Gasteiger partial charge on any atom is 0.315 e. The minimum Gasteiger partial charge on any atom is -0.491 e. The van der Waals surface area contributed by atoms with Crippen LogP contribution in [0.25, 0.3) is 0 Å². The summed E-state index contributed by atoms with van der Waals surface area (Å²) in [4.78, 5) is 11.8. The van der Waals surface area contributed by atoms with Crippen LogP contribution in [-0.2, 0) is 6.54 Å². The first-order chi connectivity index (χ1) is 11.1. The zero-order valence-electron chi connectivity index (χ0n) is 14.0. The van der Waals surface area contributed by atoms with Crippen molar-refractivity contribution in [2.45, 2.75) is 27.3 Å². The van der Waals surface area contributed by atoms with Crippen LogP contribution in [0, 0.1) is 20.8 Å². The second-order valence-electron chi connectivity index (χ2n) is 5.65. The van der Waals surface area contributed by atoms with Crippen molar-refractivity contribution in [2.24, 2.45) is 0 Å².